The van der Waals surface area contributed by atoms with Crippen molar-refractivity contribution >= 4 is 40.7 Å². The summed E-state index contributed by atoms with van der Waals surface area (Å²) < 4.78 is 45.7. The summed E-state index contributed by atoms with van der Waals surface area (Å²) in [6.45, 7) is 0. The molecular weight excluding hydrogens is 582 g/mol. The van der Waals surface area contributed by atoms with Gasteiger partial charge in [0.15, 0.2) is 11.5 Å². The van der Waals surface area contributed by atoms with Gasteiger partial charge in [-0.25, -0.2) is 4.98 Å². The van der Waals surface area contributed by atoms with E-state index in [0.29, 0.717) is 5.92 Å². The Bertz CT molecular complexity index is 1410. The van der Waals surface area contributed by atoms with Crippen LogP contribution in [0.15, 0.2) is 46.9 Å². The summed E-state index contributed by atoms with van der Waals surface area (Å²) in [6.07, 6.45) is -1.21. The van der Waals surface area contributed by atoms with Gasteiger partial charge in [-0.3, -0.25) is 14.4 Å². The van der Waals surface area contributed by atoms with Crippen LogP contribution in [0.4, 0.5) is 13.2 Å². The number of carbonyl (C=O) groups excluding carboxylic acids is 2. The van der Waals surface area contributed by atoms with E-state index < -0.39 is 35.3 Å². The minimum atomic E-state index is -4.96. The summed E-state index contributed by atoms with van der Waals surface area (Å²) in [6, 6.07) is 12.0. The summed E-state index contributed by atoms with van der Waals surface area (Å²) in [5.41, 5.74) is 1.13. The first-order chi connectivity index (χ1) is 19.4. The van der Waals surface area contributed by atoms with Gasteiger partial charge in [0.05, 0.1) is 15.6 Å². The third-order valence-corrected chi connectivity index (χ3v) is 8.17. The minimum Gasteiger partial charge on any atom is -0.481 e. The number of Topliss-reactive ketones (excluding diaryl/α,β-unsaturated/α-hetero) is 2. The molecule has 0 saturated heterocycles. The Labute approximate surface area is 244 Å². The molecule has 11 heteroatoms. The number of ketones is 2. The van der Waals surface area contributed by atoms with Gasteiger partial charge in [-0.1, -0.05) is 53.5 Å². The maximum Gasteiger partial charge on any atom is 0.452 e. The number of nitrogens with zero attached hydrogens (tertiary/aromatic N) is 1. The molecule has 0 unspecified atom stereocenters. The first-order valence-corrected chi connectivity index (χ1v) is 14.1. The van der Waals surface area contributed by atoms with Gasteiger partial charge >= 0.3 is 12.1 Å². The highest BCUT2D eigenvalue weighted by molar-refractivity contribution is 6.43. The molecule has 3 aromatic rings. The smallest absolute Gasteiger partial charge is 0.452 e. The highest BCUT2D eigenvalue weighted by Gasteiger charge is 2.41. The number of carbonyl (C=O) groups is 3. The number of aliphatic carboxylic acids is 1. The Morgan fingerprint density at radius 2 is 1.66 bits per heavy atom. The SMILES string of the molecule is O=C(O)CC1CCC(c2ccc(CC(=O)CCCC(=O)c3nc(-c4cccc(Cl)c4Cl)oc3C(F)(F)F)cc2)CC1. The Hall–Kier alpha value is -3.17. The fourth-order valence-corrected chi connectivity index (χ4v) is 5.60. The van der Waals surface area contributed by atoms with Crippen LogP contribution in [0.3, 0.4) is 0 Å². The van der Waals surface area contributed by atoms with E-state index in [-0.39, 0.29) is 59.4 Å². The van der Waals surface area contributed by atoms with Gasteiger partial charge in [0.2, 0.25) is 11.7 Å². The molecule has 218 valence electrons. The van der Waals surface area contributed by atoms with Crippen molar-refractivity contribution in [3.05, 3.63) is 75.1 Å². The maximum atomic E-state index is 13.6. The molecule has 41 heavy (non-hydrogen) atoms. The second-order valence-corrected chi connectivity index (χ2v) is 11.1. The lowest BCUT2D eigenvalue weighted by molar-refractivity contribution is -0.153. The first kappa shape index (κ1) is 30.8. The van der Waals surface area contributed by atoms with Crippen molar-refractivity contribution < 1.29 is 37.1 Å². The second kappa shape index (κ2) is 13.2. The van der Waals surface area contributed by atoms with Crippen molar-refractivity contribution in [3.8, 4) is 11.5 Å². The number of benzene rings is 2. The maximum absolute atomic E-state index is 13.6. The molecule has 1 N–H and O–H groups in total. The average molecular weight is 610 g/mol. The second-order valence-electron chi connectivity index (χ2n) is 10.3. The molecule has 4 rings (SSSR count). The molecule has 1 heterocycles. The summed E-state index contributed by atoms with van der Waals surface area (Å²) in [5.74, 6) is -3.19. The molecule has 6 nitrogen and oxygen atoms in total. The van der Waals surface area contributed by atoms with E-state index in [2.05, 4.69) is 4.98 Å². The van der Waals surface area contributed by atoms with Crippen molar-refractivity contribution in [1.82, 2.24) is 4.98 Å². The molecule has 1 aliphatic rings. The van der Waals surface area contributed by atoms with E-state index in [1.807, 2.05) is 24.3 Å². The monoisotopic (exact) mass is 609 g/mol. The van der Waals surface area contributed by atoms with E-state index in [9.17, 15) is 27.6 Å². The topological polar surface area (TPSA) is 97.5 Å². The van der Waals surface area contributed by atoms with Crippen molar-refractivity contribution in [3.63, 3.8) is 0 Å². The van der Waals surface area contributed by atoms with Crippen LogP contribution in [0.25, 0.3) is 11.5 Å². The van der Waals surface area contributed by atoms with E-state index >= 15 is 0 Å². The number of oxazole rings is 1. The highest BCUT2D eigenvalue weighted by atomic mass is 35.5. The van der Waals surface area contributed by atoms with Crippen molar-refractivity contribution in [1.29, 1.82) is 0 Å². The predicted octanol–water partition coefficient (Wildman–Crippen LogP) is 8.58. The molecule has 2 aromatic carbocycles. The van der Waals surface area contributed by atoms with Crippen LogP contribution in [0, 0.1) is 5.92 Å². The summed E-state index contributed by atoms with van der Waals surface area (Å²) in [7, 11) is 0. The lowest BCUT2D eigenvalue weighted by atomic mass is 9.77. The number of aromatic nitrogens is 1. The molecule has 0 aliphatic heterocycles. The largest absolute Gasteiger partial charge is 0.481 e. The number of alkyl halides is 3. The van der Waals surface area contributed by atoms with Gasteiger partial charge in [0.1, 0.15) is 5.78 Å². The lowest BCUT2D eigenvalue weighted by Crippen LogP contribution is -2.16. The normalized spacial score (nSPS) is 17.4. The molecule has 1 aliphatic carbocycles. The molecule has 1 fully saturated rings. The third-order valence-electron chi connectivity index (χ3n) is 7.35. The van der Waals surface area contributed by atoms with Gasteiger partial charge in [-0.15, -0.1) is 0 Å². The van der Waals surface area contributed by atoms with Gasteiger partial charge in [-0.2, -0.15) is 13.2 Å². The molecule has 1 aromatic heterocycles. The summed E-state index contributed by atoms with van der Waals surface area (Å²) in [5, 5.41) is 9.02. The number of carboxylic acid groups (broad SMARTS) is 1. The molecule has 0 amide bonds. The zero-order valence-corrected chi connectivity index (χ0v) is 23.5. The van der Waals surface area contributed by atoms with Crippen LogP contribution in [-0.2, 0) is 22.2 Å². The minimum absolute atomic E-state index is 0.0211. The Morgan fingerprint density at radius 1 is 0.976 bits per heavy atom. The quantitative estimate of drug-likeness (QED) is 0.219. The number of rotatable bonds is 11. The van der Waals surface area contributed by atoms with Crippen molar-refractivity contribution in [2.75, 3.05) is 0 Å². The van der Waals surface area contributed by atoms with Crippen molar-refractivity contribution in [2.24, 2.45) is 5.92 Å². The van der Waals surface area contributed by atoms with E-state index in [1.165, 1.54) is 18.2 Å². The van der Waals surface area contributed by atoms with Crippen LogP contribution >= 0.6 is 23.2 Å². The molecule has 0 radical (unpaired) electrons. The van der Waals surface area contributed by atoms with Gasteiger partial charge < -0.3 is 9.52 Å². The molecular formula is C30H28Cl2F3NO5. The van der Waals surface area contributed by atoms with Crippen LogP contribution < -0.4 is 0 Å². The average Bonchev–Trinajstić information content (AvgIpc) is 3.37. The van der Waals surface area contributed by atoms with E-state index in [1.54, 1.807) is 0 Å². The Kier molecular flexibility index (Phi) is 9.92. The molecule has 1 saturated carbocycles. The van der Waals surface area contributed by atoms with Gasteiger partial charge in [0, 0.05) is 25.7 Å². The Balaban J connectivity index is 1.31. The van der Waals surface area contributed by atoms with Crippen LogP contribution in [0.2, 0.25) is 10.0 Å². The zero-order chi connectivity index (χ0) is 29.7. The van der Waals surface area contributed by atoms with Crippen LogP contribution in [-0.4, -0.2) is 27.6 Å². The Morgan fingerprint density at radius 3 is 2.29 bits per heavy atom. The third kappa shape index (κ3) is 7.98. The van der Waals surface area contributed by atoms with Crippen molar-refractivity contribution in [2.45, 2.75) is 69.9 Å². The molecule has 0 atom stereocenters. The molecule has 0 spiro atoms. The first-order valence-electron chi connectivity index (χ1n) is 13.3. The number of hydrogen-bond acceptors (Lipinski definition) is 5. The van der Waals surface area contributed by atoms with Gasteiger partial charge in [0.25, 0.3) is 0 Å². The van der Waals surface area contributed by atoms with E-state index in [4.69, 9.17) is 32.7 Å². The zero-order valence-electron chi connectivity index (χ0n) is 22.0. The molecule has 0 bridgehead atoms. The fourth-order valence-electron chi connectivity index (χ4n) is 5.22. The number of carboxylic acids is 1. The van der Waals surface area contributed by atoms with Gasteiger partial charge in [-0.05, 0) is 67.2 Å². The lowest BCUT2D eigenvalue weighted by Gasteiger charge is -2.28. The summed E-state index contributed by atoms with van der Waals surface area (Å²) >= 11 is 12.0. The van der Waals surface area contributed by atoms with Crippen LogP contribution in [0.5, 0.6) is 0 Å². The van der Waals surface area contributed by atoms with E-state index in [0.717, 1.165) is 36.8 Å². The number of hydrogen-bond donors (Lipinski definition) is 1. The fraction of sp³-hybridized carbons (Fsp3) is 0.400. The number of halogens is 5. The highest BCUT2D eigenvalue weighted by Crippen LogP contribution is 2.39. The summed E-state index contributed by atoms with van der Waals surface area (Å²) in [4.78, 5) is 39.9. The van der Waals surface area contributed by atoms with Crippen LogP contribution in [0.1, 0.15) is 84.7 Å². The predicted molar refractivity (Wildman–Crippen MR) is 147 cm³/mol. The standard InChI is InChI=1S/C30H28Cl2F3NO5/c31-23-5-2-4-22(26(23)32)29-36-27(28(41-29)30(33,34)35)24(38)6-1-3-21(37)15-17-7-11-19(12-8-17)20-13-9-18(10-14-20)16-25(39)40/h2,4-5,7-8,11-12,18,20H,1,3,6,9-10,13-16H2,(H,39,40).